The fourth-order valence-electron chi connectivity index (χ4n) is 1.61. The van der Waals surface area contributed by atoms with Gasteiger partial charge in [0.1, 0.15) is 10.6 Å². The zero-order valence-electron chi connectivity index (χ0n) is 10.1. The van der Waals surface area contributed by atoms with E-state index >= 15 is 0 Å². The number of amides is 1. The van der Waals surface area contributed by atoms with Gasteiger partial charge >= 0.3 is 0 Å². The molecule has 0 saturated carbocycles. The summed E-state index contributed by atoms with van der Waals surface area (Å²) in [7, 11) is 3.51. The molecule has 0 aliphatic carbocycles. The molecule has 0 bridgehead atoms. The summed E-state index contributed by atoms with van der Waals surface area (Å²) in [6, 6.07) is 1.96. The smallest absolute Gasteiger partial charge is 0.225 e. The van der Waals surface area contributed by atoms with Crippen LogP contribution >= 0.6 is 22.9 Å². The quantitative estimate of drug-likeness (QED) is 0.872. The van der Waals surface area contributed by atoms with Gasteiger partial charge in [0.15, 0.2) is 0 Å². The van der Waals surface area contributed by atoms with Gasteiger partial charge in [0.05, 0.1) is 5.39 Å². The maximum absolute atomic E-state index is 11.2. The van der Waals surface area contributed by atoms with Gasteiger partial charge in [0, 0.05) is 27.1 Å². The standard InChI is InChI=1S/C11H13ClN4OS/c1-13-8(17)3-5-16(2)9-7-4-6-18-10(7)15-11(12)14-9/h4,6H,3,5H2,1-2H3,(H,13,17). The molecule has 1 N–H and O–H groups in total. The van der Waals surface area contributed by atoms with E-state index in [-0.39, 0.29) is 11.2 Å². The molecule has 0 atom stereocenters. The van der Waals surface area contributed by atoms with Crippen molar-refractivity contribution in [1.29, 1.82) is 0 Å². The van der Waals surface area contributed by atoms with E-state index in [1.54, 1.807) is 7.05 Å². The normalized spacial score (nSPS) is 10.6. The molecule has 96 valence electrons. The molecular formula is C11H13ClN4OS. The molecule has 5 nitrogen and oxygen atoms in total. The number of fused-ring (bicyclic) bond motifs is 1. The van der Waals surface area contributed by atoms with E-state index in [9.17, 15) is 4.79 Å². The van der Waals surface area contributed by atoms with Crippen molar-refractivity contribution >= 4 is 44.9 Å². The summed E-state index contributed by atoms with van der Waals surface area (Å²) in [6.07, 6.45) is 0.417. The number of hydrogen-bond acceptors (Lipinski definition) is 5. The van der Waals surface area contributed by atoms with Crippen molar-refractivity contribution in [2.75, 3.05) is 25.5 Å². The molecule has 0 aliphatic rings. The largest absolute Gasteiger partial charge is 0.359 e. The summed E-state index contributed by atoms with van der Waals surface area (Å²) in [5.74, 6) is 0.763. The van der Waals surface area contributed by atoms with Gasteiger partial charge < -0.3 is 10.2 Å². The summed E-state index contributed by atoms with van der Waals surface area (Å²) in [5.41, 5.74) is 0. The van der Waals surface area contributed by atoms with Gasteiger partial charge in [0.25, 0.3) is 0 Å². The molecule has 0 spiro atoms. The molecule has 0 unspecified atom stereocenters. The average Bonchev–Trinajstić information content (AvgIpc) is 2.82. The Balaban J connectivity index is 2.23. The zero-order chi connectivity index (χ0) is 13.1. The van der Waals surface area contributed by atoms with E-state index in [2.05, 4.69) is 15.3 Å². The van der Waals surface area contributed by atoms with Gasteiger partial charge in [-0.2, -0.15) is 4.98 Å². The number of nitrogens with one attached hydrogen (secondary N) is 1. The average molecular weight is 285 g/mol. The van der Waals surface area contributed by atoms with Crippen LogP contribution in [0.5, 0.6) is 0 Å². The van der Waals surface area contributed by atoms with Crippen LogP contribution in [-0.2, 0) is 4.79 Å². The molecule has 2 rings (SSSR count). The Kier molecular flexibility index (Phi) is 3.98. The Morgan fingerprint density at radius 3 is 3.06 bits per heavy atom. The first kappa shape index (κ1) is 13.0. The van der Waals surface area contributed by atoms with Gasteiger partial charge in [0.2, 0.25) is 11.2 Å². The van der Waals surface area contributed by atoms with E-state index in [1.807, 2.05) is 23.4 Å². The van der Waals surface area contributed by atoms with Crippen molar-refractivity contribution in [1.82, 2.24) is 15.3 Å². The lowest BCUT2D eigenvalue weighted by molar-refractivity contribution is -0.120. The van der Waals surface area contributed by atoms with Gasteiger partial charge in [-0.25, -0.2) is 4.98 Å². The van der Waals surface area contributed by atoms with E-state index < -0.39 is 0 Å². The van der Waals surface area contributed by atoms with Crippen LogP contribution in [0.25, 0.3) is 10.2 Å². The Morgan fingerprint density at radius 1 is 1.56 bits per heavy atom. The van der Waals surface area contributed by atoms with Crippen molar-refractivity contribution in [3.8, 4) is 0 Å². The van der Waals surface area contributed by atoms with Crippen LogP contribution in [0.1, 0.15) is 6.42 Å². The lowest BCUT2D eigenvalue weighted by Crippen LogP contribution is -2.27. The number of thiophene rings is 1. The molecule has 2 heterocycles. The summed E-state index contributed by atoms with van der Waals surface area (Å²) in [4.78, 5) is 22.4. The summed E-state index contributed by atoms with van der Waals surface area (Å²) >= 11 is 7.41. The Hall–Kier alpha value is -1.40. The molecule has 0 saturated heterocycles. The van der Waals surface area contributed by atoms with Crippen molar-refractivity contribution in [2.45, 2.75) is 6.42 Å². The van der Waals surface area contributed by atoms with Gasteiger partial charge in [-0.05, 0) is 23.0 Å². The fourth-order valence-corrected chi connectivity index (χ4v) is 2.58. The van der Waals surface area contributed by atoms with E-state index in [1.165, 1.54) is 11.3 Å². The molecule has 0 radical (unpaired) electrons. The monoisotopic (exact) mass is 284 g/mol. The number of carbonyl (C=O) groups excluding carboxylic acids is 1. The van der Waals surface area contributed by atoms with Crippen molar-refractivity contribution in [3.63, 3.8) is 0 Å². The maximum atomic E-state index is 11.2. The minimum Gasteiger partial charge on any atom is -0.359 e. The second-order valence-electron chi connectivity index (χ2n) is 3.80. The summed E-state index contributed by atoms with van der Waals surface area (Å²) in [5, 5.41) is 5.73. The highest BCUT2D eigenvalue weighted by molar-refractivity contribution is 7.16. The molecule has 2 aromatic rings. The lowest BCUT2D eigenvalue weighted by atomic mass is 10.3. The Labute approximate surface area is 114 Å². The molecule has 18 heavy (non-hydrogen) atoms. The maximum Gasteiger partial charge on any atom is 0.225 e. The zero-order valence-corrected chi connectivity index (χ0v) is 11.7. The highest BCUT2D eigenvalue weighted by Crippen LogP contribution is 2.28. The van der Waals surface area contributed by atoms with Crippen molar-refractivity contribution in [3.05, 3.63) is 16.7 Å². The Bertz CT molecular complexity index is 571. The number of anilines is 1. The highest BCUT2D eigenvalue weighted by Gasteiger charge is 2.12. The predicted octanol–water partition coefficient (Wildman–Crippen LogP) is 1.92. The predicted molar refractivity (Wildman–Crippen MR) is 74.4 cm³/mol. The van der Waals surface area contributed by atoms with Crippen LogP contribution < -0.4 is 10.2 Å². The molecular weight excluding hydrogens is 272 g/mol. The molecule has 0 fully saturated rings. The van der Waals surface area contributed by atoms with Crippen molar-refractivity contribution in [2.24, 2.45) is 0 Å². The molecule has 0 aromatic carbocycles. The second kappa shape index (κ2) is 5.49. The van der Waals surface area contributed by atoms with Gasteiger partial charge in [-0.1, -0.05) is 0 Å². The number of carbonyl (C=O) groups is 1. The minimum atomic E-state index is 0.00330. The van der Waals surface area contributed by atoms with Crippen molar-refractivity contribution < 1.29 is 4.79 Å². The van der Waals surface area contributed by atoms with Gasteiger partial charge in [-0.15, -0.1) is 11.3 Å². The van der Waals surface area contributed by atoms with Crippen LogP contribution in [0.15, 0.2) is 11.4 Å². The summed E-state index contributed by atoms with van der Waals surface area (Å²) < 4.78 is 0. The Morgan fingerprint density at radius 2 is 2.33 bits per heavy atom. The highest BCUT2D eigenvalue weighted by atomic mass is 35.5. The van der Waals surface area contributed by atoms with Crippen LogP contribution in [0.4, 0.5) is 5.82 Å². The van der Waals surface area contributed by atoms with Crippen LogP contribution in [0, 0.1) is 0 Å². The molecule has 2 aromatic heterocycles. The van der Waals surface area contributed by atoms with Crippen LogP contribution in [0.3, 0.4) is 0 Å². The number of hydrogen-bond donors (Lipinski definition) is 1. The number of halogens is 1. The molecule has 1 amide bonds. The second-order valence-corrected chi connectivity index (χ2v) is 5.03. The topological polar surface area (TPSA) is 58.1 Å². The van der Waals surface area contributed by atoms with E-state index in [4.69, 9.17) is 11.6 Å². The minimum absolute atomic E-state index is 0.00330. The summed E-state index contributed by atoms with van der Waals surface area (Å²) in [6.45, 7) is 0.581. The molecule has 7 heteroatoms. The van der Waals surface area contributed by atoms with Gasteiger partial charge in [-0.3, -0.25) is 4.79 Å². The SMILES string of the molecule is CNC(=O)CCN(C)c1nc(Cl)nc2sccc12. The van der Waals surface area contributed by atoms with E-state index in [0.717, 1.165) is 16.0 Å². The third-order valence-electron chi connectivity index (χ3n) is 2.59. The van der Waals surface area contributed by atoms with E-state index in [0.29, 0.717) is 13.0 Å². The lowest BCUT2D eigenvalue weighted by Gasteiger charge is -2.18. The number of rotatable bonds is 4. The first-order valence-corrected chi connectivity index (χ1v) is 6.70. The fraction of sp³-hybridized carbons (Fsp3) is 0.364. The number of aromatic nitrogens is 2. The third-order valence-corrected chi connectivity index (χ3v) is 3.57. The molecule has 0 aliphatic heterocycles. The van der Waals surface area contributed by atoms with Crippen LogP contribution in [-0.4, -0.2) is 36.5 Å². The first-order valence-electron chi connectivity index (χ1n) is 5.44. The first-order chi connectivity index (χ1) is 8.61. The van der Waals surface area contributed by atoms with Crippen LogP contribution in [0.2, 0.25) is 5.28 Å². The number of nitrogens with zero attached hydrogens (tertiary/aromatic N) is 3. The third kappa shape index (κ3) is 2.70.